The van der Waals surface area contributed by atoms with Gasteiger partial charge < -0.3 is 9.47 Å². The Hall–Kier alpha value is -2.98. The van der Waals surface area contributed by atoms with E-state index in [1.165, 1.54) is 28.6 Å². The van der Waals surface area contributed by atoms with E-state index in [-0.39, 0.29) is 10.6 Å². The van der Waals surface area contributed by atoms with Crippen molar-refractivity contribution >= 4 is 32.7 Å². The molecule has 1 aliphatic heterocycles. The van der Waals surface area contributed by atoms with Crippen LogP contribution < -0.4 is 4.90 Å². The minimum atomic E-state index is -3.69. The number of nitrogens with zero attached hydrogens (tertiary/aromatic N) is 5. The number of aromatic nitrogens is 2. The van der Waals surface area contributed by atoms with E-state index >= 15 is 0 Å². The molecule has 0 amide bonds. The highest BCUT2D eigenvalue weighted by Crippen LogP contribution is 2.24. The third kappa shape index (κ3) is 3.10. The number of rotatable bonds is 4. The summed E-state index contributed by atoms with van der Waals surface area (Å²) in [6.45, 7) is 1.68. The Labute approximate surface area is 162 Å². The van der Waals surface area contributed by atoms with E-state index in [1.807, 2.05) is 35.9 Å². The molecule has 4 rings (SSSR count). The molecular formula is C18H19N5O4S. The van der Waals surface area contributed by atoms with Gasteiger partial charge in [-0.1, -0.05) is 12.1 Å². The Balaban J connectivity index is 1.51. The van der Waals surface area contributed by atoms with E-state index in [2.05, 4.69) is 9.88 Å². The third-order valence-corrected chi connectivity index (χ3v) is 6.88. The van der Waals surface area contributed by atoms with E-state index in [0.29, 0.717) is 26.2 Å². The third-order valence-electron chi connectivity index (χ3n) is 4.97. The number of sulfonamides is 1. The molecule has 0 N–H and O–H groups in total. The number of nitro groups is 1. The van der Waals surface area contributed by atoms with Gasteiger partial charge in [-0.25, -0.2) is 13.4 Å². The van der Waals surface area contributed by atoms with Crippen molar-refractivity contribution in [2.75, 3.05) is 31.1 Å². The topological polar surface area (TPSA) is 102 Å². The molecule has 2 heterocycles. The van der Waals surface area contributed by atoms with Crippen LogP contribution in [0.25, 0.3) is 11.0 Å². The van der Waals surface area contributed by atoms with Gasteiger partial charge in [0, 0.05) is 45.4 Å². The van der Waals surface area contributed by atoms with Gasteiger partial charge in [-0.2, -0.15) is 4.31 Å². The number of non-ortho nitro benzene ring substituents is 1. The van der Waals surface area contributed by atoms with Gasteiger partial charge in [-0.05, 0) is 24.3 Å². The highest BCUT2D eigenvalue weighted by molar-refractivity contribution is 7.89. The number of piperazine rings is 1. The van der Waals surface area contributed by atoms with E-state index < -0.39 is 14.9 Å². The van der Waals surface area contributed by atoms with Crippen LogP contribution in [0.15, 0.2) is 53.4 Å². The van der Waals surface area contributed by atoms with Crippen molar-refractivity contribution in [1.82, 2.24) is 13.9 Å². The van der Waals surface area contributed by atoms with Gasteiger partial charge in [-0.15, -0.1) is 0 Å². The molecule has 1 saturated heterocycles. The fraction of sp³-hybridized carbons (Fsp3) is 0.278. The van der Waals surface area contributed by atoms with Crippen molar-refractivity contribution in [2.45, 2.75) is 4.90 Å². The fourth-order valence-corrected chi connectivity index (χ4v) is 4.86. The summed E-state index contributed by atoms with van der Waals surface area (Å²) in [5.41, 5.74) is 1.80. The summed E-state index contributed by atoms with van der Waals surface area (Å²) in [4.78, 5) is 17.0. The lowest BCUT2D eigenvalue weighted by Gasteiger charge is -2.34. The number of imidazole rings is 1. The highest BCUT2D eigenvalue weighted by Gasteiger charge is 2.30. The Morgan fingerprint density at radius 3 is 2.25 bits per heavy atom. The summed E-state index contributed by atoms with van der Waals surface area (Å²) < 4.78 is 29.1. The van der Waals surface area contributed by atoms with Gasteiger partial charge in [0.25, 0.3) is 5.69 Å². The van der Waals surface area contributed by atoms with Crippen molar-refractivity contribution < 1.29 is 13.3 Å². The van der Waals surface area contributed by atoms with Crippen molar-refractivity contribution in [1.29, 1.82) is 0 Å². The first kappa shape index (κ1) is 18.4. The predicted octanol–water partition coefficient (Wildman–Crippen LogP) is 1.99. The van der Waals surface area contributed by atoms with Crippen LogP contribution in [0.4, 0.5) is 11.6 Å². The smallest absolute Gasteiger partial charge is 0.269 e. The molecule has 10 heteroatoms. The van der Waals surface area contributed by atoms with Crippen molar-refractivity contribution in [3.63, 3.8) is 0 Å². The number of benzene rings is 2. The zero-order valence-corrected chi connectivity index (χ0v) is 16.0. The van der Waals surface area contributed by atoms with Crippen molar-refractivity contribution in [3.05, 3.63) is 58.6 Å². The van der Waals surface area contributed by atoms with E-state index in [4.69, 9.17) is 0 Å². The summed E-state index contributed by atoms with van der Waals surface area (Å²) in [6, 6.07) is 12.8. The van der Waals surface area contributed by atoms with Gasteiger partial charge in [-0.3, -0.25) is 10.1 Å². The second-order valence-electron chi connectivity index (χ2n) is 6.60. The lowest BCUT2D eigenvalue weighted by atomic mass is 10.3. The monoisotopic (exact) mass is 401 g/mol. The standard InChI is InChI=1S/C18H19N5O4S/c1-20-17-5-3-2-4-16(17)19-18(20)21-10-12-22(13-11-21)28(26,27)15-8-6-14(7-9-15)23(24)25/h2-9H,10-13H2,1H3. The van der Waals surface area contributed by atoms with Crippen LogP contribution in [-0.2, 0) is 17.1 Å². The summed E-state index contributed by atoms with van der Waals surface area (Å²) >= 11 is 0. The van der Waals surface area contributed by atoms with E-state index in [1.54, 1.807) is 0 Å². The molecule has 2 aromatic carbocycles. The number of para-hydroxylation sites is 2. The lowest BCUT2D eigenvalue weighted by molar-refractivity contribution is -0.384. The molecular weight excluding hydrogens is 382 g/mol. The van der Waals surface area contributed by atoms with Gasteiger partial charge >= 0.3 is 0 Å². The second kappa shape index (κ2) is 6.88. The highest BCUT2D eigenvalue weighted by atomic mass is 32.2. The predicted molar refractivity (Wildman–Crippen MR) is 105 cm³/mol. The Morgan fingerprint density at radius 1 is 1.00 bits per heavy atom. The average molecular weight is 401 g/mol. The minimum Gasteiger partial charge on any atom is -0.340 e. The lowest BCUT2D eigenvalue weighted by Crippen LogP contribution is -2.49. The maximum Gasteiger partial charge on any atom is 0.269 e. The maximum absolute atomic E-state index is 12.8. The second-order valence-corrected chi connectivity index (χ2v) is 8.54. The molecule has 0 saturated carbocycles. The fourth-order valence-electron chi connectivity index (χ4n) is 3.43. The first-order valence-corrected chi connectivity index (χ1v) is 10.2. The number of hydrogen-bond acceptors (Lipinski definition) is 6. The van der Waals surface area contributed by atoms with Gasteiger partial charge in [0.2, 0.25) is 16.0 Å². The molecule has 1 fully saturated rings. The summed E-state index contributed by atoms with van der Waals surface area (Å²) in [7, 11) is -1.74. The number of fused-ring (bicyclic) bond motifs is 1. The summed E-state index contributed by atoms with van der Waals surface area (Å²) in [5.74, 6) is 0.814. The Bertz CT molecular complexity index is 1130. The van der Waals surface area contributed by atoms with Crippen LogP contribution in [0.2, 0.25) is 0 Å². The van der Waals surface area contributed by atoms with Crippen LogP contribution in [-0.4, -0.2) is 53.4 Å². The molecule has 0 aliphatic carbocycles. The molecule has 28 heavy (non-hydrogen) atoms. The zero-order chi connectivity index (χ0) is 19.9. The zero-order valence-electron chi connectivity index (χ0n) is 15.2. The molecule has 3 aromatic rings. The SMILES string of the molecule is Cn1c(N2CCN(S(=O)(=O)c3ccc([N+](=O)[O-])cc3)CC2)nc2ccccc21. The van der Waals surface area contributed by atoms with Crippen molar-refractivity contribution in [2.24, 2.45) is 7.05 Å². The van der Waals surface area contributed by atoms with Crippen LogP contribution in [0, 0.1) is 10.1 Å². The summed E-state index contributed by atoms with van der Waals surface area (Å²) in [6.07, 6.45) is 0. The summed E-state index contributed by atoms with van der Waals surface area (Å²) in [5, 5.41) is 10.8. The molecule has 9 nitrogen and oxygen atoms in total. The molecule has 0 bridgehead atoms. The first-order valence-electron chi connectivity index (χ1n) is 8.79. The molecule has 0 unspecified atom stereocenters. The number of anilines is 1. The first-order chi connectivity index (χ1) is 13.4. The molecule has 0 atom stereocenters. The number of aryl methyl sites for hydroxylation is 1. The van der Waals surface area contributed by atoms with Gasteiger partial charge in [0.1, 0.15) is 0 Å². The van der Waals surface area contributed by atoms with Crippen LogP contribution in [0.1, 0.15) is 0 Å². The van der Waals surface area contributed by atoms with Crippen LogP contribution >= 0.6 is 0 Å². The molecule has 0 radical (unpaired) electrons. The Morgan fingerprint density at radius 2 is 1.64 bits per heavy atom. The maximum atomic E-state index is 12.8. The average Bonchev–Trinajstić information content (AvgIpc) is 3.05. The molecule has 1 aliphatic rings. The number of hydrogen-bond donors (Lipinski definition) is 0. The van der Waals surface area contributed by atoms with Crippen LogP contribution in [0.3, 0.4) is 0 Å². The van der Waals surface area contributed by atoms with E-state index in [9.17, 15) is 18.5 Å². The number of nitro benzene ring substituents is 1. The normalized spacial score (nSPS) is 15.8. The largest absolute Gasteiger partial charge is 0.340 e. The molecule has 146 valence electrons. The quantitative estimate of drug-likeness (QED) is 0.489. The molecule has 1 aromatic heterocycles. The van der Waals surface area contributed by atoms with Crippen LogP contribution in [0.5, 0.6) is 0 Å². The van der Waals surface area contributed by atoms with E-state index in [0.717, 1.165) is 17.0 Å². The van der Waals surface area contributed by atoms with Crippen molar-refractivity contribution in [3.8, 4) is 0 Å². The van der Waals surface area contributed by atoms with Gasteiger partial charge in [0.15, 0.2) is 0 Å². The molecule has 0 spiro atoms. The minimum absolute atomic E-state index is 0.0641. The van der Waals surface area contributed by atoms with Gasteiger partial charge in [0.05, 0.1) is 20.9 Å². The Kier molecular flexibility index (Phi) is 4.52.